The Kier molecular flexibility index (Phi) is 3.95. The van der Waals surface area contributed by atoms with Gasteiger partial charge in [-0.1, -0.05) is 29.8 Å². The standard InChI is InChI=1S/C18H22ClN3/c19-17-6-5-16-13-18-14(3-4-15(16)12-17)2-1-9-22(18)21-10-7-20-8-11-21/h1-2,5-6,12,20H,3-4,7-11,13H2. The van der Waals surface area contributed by atoms with E-state index in [-0.39, 0.29) is 0 Å². The Morgan fingerprint density at radius 1 is 1.05 bits per heavy atom. The lowest BCUT2D eigenvalue weighted by molar-refractivity contribution is 0.00341. The Balaban J connectivity index is 1.66. The summed E-state index contributed by atoms with van der Waals surface area (Å²) in [7, 11) is 0. The second-order valence-corrected chi connectivity index (χ2v) is 6.69. The van der Waals surface area contributed by atoms with Crippen LogP contribution in [-0.2, 0) is 12.8 Å². The number of nitrogens with one attached hydrogen (secondary N) is 1. The summed E-state index contributed by atoms with van der Waals surface area (Å²) < 4.78 is 0. The number of benzene rings is 1. The van der Waals surface area contributed by atoms with E-state index in [2.05, 4.69) is 39.6 Å². The fourth-order valence-corrected chi connectivity index (χ4v) is 3.92. The molecule has 3 aliphatic rings. The van der Waals surface area contributed by atoms with Gasteiger partial charge in [-0.2, -0.15) is 0 Å². The number of aryl methyl sites for hydroxylation is 1. The molecule has 1 aromatic rings. The van der Waals surface area contributed by atoms with Crippen molar-refractivity contribution in [3.63, 3.8) is 0 Å². The number of nitrogens with zero attached hydrogens (tertiary/aromatic N) is 2. The van der Waals surface area contributed by atoms with Gasteiger partial charge in [-0.15, -0.1) is 0 Å². The van der Waals surface area contributed by atoms with Crippen LogP contribution in [0.5, 0.6) is 0 Å². The predicted octanol–water partition coefficient (Wildman–Crippen LogP) is 2.77. The fourth-order valence-electron chi connectivity index (χ4n) is 3.73. The fraction of sp³-hybridized carbons (Fsp3) is 0.444. The molecule has 0 bridgehead atoms. The first-order valence-corrected chi connectivity index (χ1v) is 8.58. The van der Waals surface area contributed by atoms with E-state index in [1.165, 1.54) is 22.4 Å². The third-order valence-corrected chi connectivity index (χ3v) is 5.14. The number of halogens is 1. The lowest BCUT2D eigenvalue weighted by Gasteiger charge is -2.42. The minimum absolute atomic E-state index is 0.855. The molecule has 1 saturated heterocycles. The highest BCUT2D eigenvalue weighted by Gasteiger charge is 2.26. The summed E-state index contributed by atoms with van der Waals surface area (Å²) in [6.45, 7) is 5.35. The van der Waals surface area contributed by atoms with E-state index in [1.54, 1.807) is 0 Å². The third-order valence-electron chi connectivity index (χ3n) is 4.90. The van der Waals surface area contributed by atoms with Crippen LogP contribution in [-0.4, -0.2) is 42.7 Å². The molecule has 0 spiro atoms. The predicted molar refractivity (Wildman–Crippen MR) is 90.8 cm³/mol. The minimum Gasteiger partial charge on any atom is -0.314 e. The summed E-state index contributed by atoms with van der Waals surface area (Å²) in [6, 6.07) is 6.38. The molecule has 1 aliphatic carbocycles. The summed E-state index contributed by atoms with van der Waals surface area (Å²) >= 11 is 6.18. The zero-order chi connectivity index (χ0) is 14.9. The van der Waals surface area contributed by atoms with Crippen molar-refractivity contribution in [2.45, 2.75) is 19.3 Å². The van der Waals surface area contributed by atoms with Crippen LogP contribution < -0.4 is 5.32 Å². The van der Waals surface area contributed by atoms with Gasteiger partial charge in [-0.05, 0) is 41.7 Å². The van der Waals surface area contributed by atoms with Crippen molar-refractivity contribution < 1.29 is 0 Å². The van der Waals surface area contributed by atoms with Gasteiger partial charge in [-0.3, -0.25) is 0 Å². The average Bonchev–Trinajstić information content (AvgIpc) is 2.74. The smallest absolute Gasteiger partial charge is 0.0527 e. The van der Waals surface area contributed by atoms with E-state index in [4.69, 9.17) is 11.6 Å². The van der Waals surface area contributed by atoms with Crippen molar-refractivity contribution in [1.29, 1.82) is 0 Å². The zero-order valence-electron chi connectivity index (χ0n) is 12.8. The molecule has 0 unspecified atom stereocenters. The second-order valence-electron chi connectivity index (χ2n) is 6.25. The molecule has 4 heteroatoms. The molecule has 0 aromatic heterocycles. The van der Waals surface area contributed by atoms with E-state index in [9.17, 15) is 0 Å². The maximum atomic E-state index is 6.18. The molecule has 0 atom stereocenters. The molecular weight excluding hydrogens is 294 g/mol. The number of allylic oxidation sites excluding steroid dienone is 3. The van der Waals surface area contributed by atoms with E-state index >= 15 is 0 Å². The molecule has 116 valence electrons. The SMILES string of the molecule is Clc1ccc2c(c1)CCC1=C(C2)N(N2CCNCC2)CC=C1. The first-order valence-electron chi connectivity index (χ1n) is 8.20. The molecule has 1 N–H and O–H groups in total. The van der Waals surface area contributed by atoms with Crippen LogP contribution in [0.4, 0.5) is 0 Å². The van der Waals surface area contributed by atoms with Gasteiger partial charge >= 0.3 is 0 Å². The summed E-state index contributed by atoms with van der Waals surface area (Å²) in [4.78, 5) is 0. The molecule has 22 heavy (non-hydrogen) atoms. The van der Waals surface area contributed by atoms with E-state index in [0.29, 0.717) is 0 Å². The van der Waals surface area contributed by atoms with Crippen molar-refractivity contribution in [2.75, 3.05) is 32.7 Å². The Bertz CT molecular complexity index is 629. The highest BCUT2D eigenvalue weighted by molar-refractivity contribution is 6.30. The second kappa shape index (κ2) is 6.07. The van der Waals surface area contributed by atoms with Gasteiger partial charge in [0.2, 0.25) is 0 Å². The lowest BCUT2D eigenvalue weighted by atomic mass is 10.0. The Morgan fingerprint density at radius 2 is 1.91 bits per heavy atom. The van der Waals surface area contributed by atoms with Gasteiger partial charge in [0.15, 0.2) is 0 Å². The van der Waals surface area contributed by atoms with E-state index in [1.807, 2.05) is 6.07 Å². The molecule has 3 nitrogen and oxygen atoms in total. The minimum atomic E-state index is 0.855. The Morgan fingerprint density at radius 3 is 2.77 bits per heavy atom. The molecule has 1 aromatic carbocycles. The number of piperazine rings is 1. The molecule has 0 amide bonds. The van der Waals surface area contributed by atoms with Gasteiger partial charge in [0.05, 0.1) is 6.54 Å². The number of fused-ring (bicyclic) bond motifs is 1. The van der Waals surface area contributed by atoms with Crippen LogP contribution in [0.1, 0.15) is 17.5 Å². The van der Waals surface area contributed by atoms with Crippen LogP contribution in [0.15, 0.2) is 41.6 Å². The number of rotatable bonds is 1. The van der Waals surface area contributed by atoms with Crippen LogP contribution in [0.2, 0.25) is 5.02 Å². The third kappa shape index (κ3) is 2.69. The quantitative estimate of drug-likeness (QED) is 0.860. The van der Waals surface area contributed by atoms with Gasteiger partial charge in [0.25, 0.3) is 0 Å². The summed E-state index contributed by atoms with van der Waals surface area (Å²) in [6.07, 6.45) is 7.87. The van der Waals surface area contributed by atoms with Gasteiger partial charge in [0.1, 0.15) is 0 Å². The van der Waals surface area contributed by atoms with Crippen LogP contribution in [0.25, 0.3) is 0 Å². The largest absolute Gasteiger partial charge is 0.314 e. The maximum absolute atomic E-state index is 6.18. The van der Waals surface area contributed by atoms with Crippen molar-refractivity contribution >= 4 is 11.6 Å². The average molecular weight is 316 g/mol. The highest BCUT2D eigenvalue weighted by atomic mass is 35.5. The van der Waals surface area contributed by atoms with Crippen molar-refractivity contribution in [3.05, 3.63) is 57.8 Å². The van der Waals surface area contributed by atoms with Crippen LogP contribution in [0, 0.1) is 0 Å². The molecule has 0 radical (unpaired) electrons. The Hall–Kier alpha value is -1.29. The van der Waals surface area contributed by atoms with Crippen molar-refractivity contribution in [1.82, 2.24) is 15.3 Å². The van der Waals surface area contributed by atoms with Crippen LogP contribution in [0.3, 0.4) is 0 Å². The molecule has 4 rings (SSSR count). The molecule has 2 aliphatic heterocycles. The van der Waals surface area contributed by atoms with Crippen molar-refractivity contribution in [3.8, 4) is 0 Å². The Labute approximate surface area is 137 Å². The highest BCUT2D eigenvalue weighted by Crippen LogP contribution is 2.32. The van der Waals surface area contributed by atoms with Crippen LogP contribution >= 0.6 is 11.6 Å². The normalized spacial score (nSPS) is 22.3. The molecule has 2 heterocycles. The van der Waals surface area contributed by atoms with E-state index in [0.717, 1.165) is 57.0 Å². The summed E-state index contributed by atoms with van der Waals surface area (Å²) in [5.74, 6) is 0. The first kappa shape index (κ1) is 14.3. The van der Waals surface area contributed by atoms with Gasteiger partial charge in [0, 0.05) is 43.3 Å². The number of hydrogen-bond acceptors (Lipinski definition) is 3. The topological polar surface area (TPSA) is 18.5 Å². The monoisotopic (exact) mass is 315 g/mol. The first-order chi connectivity index (χ1) is 10.8. The molecule has 1 fully saturated rings. The number of hydrogen-bond donors (Lipinski definition) is 1. The van der Waals surface area contributed by atoms with Gasteiger partial charge in [-0.25, -0.2) is 5.01 Å². The molecule has 0 saturated carbocycles. The summed E-state index contributed by atoms with van der Waals surface area (Å²) in [5.41, 5.74) is 5.84. The lowest BCUT2D eigenvalue weighted by Crippen LogP contribution is -2.52. The number of hydrazine groups is 1. The van der Waals surface area contributed by atoms with Gasteiger partial charge < -0.3 is 10.3 Å². The zero-order valence-corrected chi connectivity index (χ0v) is 13.6. The maximum Gasteiger partial charge on any atom is 0.0527 e. The summed E-state index contributed by atoms with van der Waals surface area (Å²) in [5, 5.41) is 9.32. The van der Waals surface area contributed by atoms with Crippen molar-refractivity contribution in [2.24, 2.45) is 0 Å². The van der Waals surface area contributed by atoms with E-state index < -0.39 is 0 Å². The molecular formula is C18H22ClN3.